The van der Waals surface area contributed by atoms with Crippen molar-refractivity contribution in [3.63, 3.8) is 0 Å². The number of aliphatic hydroxyl groups is 1. The van der Waals surface area contributed by atoms with Crippen LogP contribution >= 0.6 is 0 Å². The lowest BCUT2D eigenvalue weighted by atomic mass is 10.1. The maximum absolute atomic E-state index is 9.07. The van der Waals surface area contributed by atoms with Crippen LogP contribution in [-0.2, 0) is 13.0 Å². The Kier molecular flexibility index (Phi) is 4.01. The Bertz CT molecular complexity index is 297. The molecule has 0 atom stereocenters. The van der Waals surface area contributed by atoms with Crippen LogP contribution in [0, 0.1) is 12.8 Å². The van der Waals surface area contributed by atoms with Gasteiger partial charge in [-0.25, -0.2) is 0 Å². The molecule has 14 heavy (non-hydrogen) atoms. The smallest absolute Gasteiger partial charge is 0.0873 e. The molecule has 0 aliphatic rings. The molecule has 0 aliphatic carbocycles. The van der Waals surface area contributed by atoms with E-state index in [9.17, 15) is 0 Å². The normalized spacial score (nSPS) is 10.9. The van der Waals surface area contributed by atoms with Crippen molar-refractivity contribution < 1.29 is 5.11 Å². The second kappa shape index (κ2) is 5.05. The standard InChI is InChI=1S/C11H18N2O/c1-8(2)4-5-10-11(7-14)12-6-9(3)13-10/h6,8,14H,4-5,7H2,1-3H3. The Morgan fingerprint density at radius 1 is 1.36 bits per heavy atom. The van der Waals surface area contributed by atoms with Gasteiger partial charge in [-0.2, -0.15) is 0 Å². The molecule has 1 aromatic rings. The first-order valence-electron chi connectivity index (χ1n) is 5.05. The van der Waals surface area contributed by atoms with Gasteiger partial charge in [-0.3, -0.25) is 9.97 Å². The molecule has 0 aromatic carbocycles. The Labute approximate surface area is 85.2 Å². The lowest BCUT2D eigenvalue weighted by molar-refractivity contribution is 0.274. The van der Waals surface area contributed by atoms with Gasteiger partial charge in [0.15, 0.2) is 0 Å². The summed E-state index contributed by atoms with van der Waals surface area (Å²) in [4.78, 5) is 8.56. The fourth-order valence-corrected chi connectivity index (χ4v) is 1.31. The summed E-state index contributed by atoms with van der Waals surface area (Å²) in [6.07, 6.45) is 3.69. The van der Waals surface area contributed by atoms with Gasteiger partial charge in [-0.1, -0.05) is 13.8 Å². The lowest BCUT2D eigenvalue weighted by Gasteiger charge is -2.08. The number of hydrogen-bond donors (Lipinski definition) is 1. The quantitative estimate of drug-likeness (QED) is 0.795. The molecule has 0 amide bonds. The van der Waals surface area contributed by atoms with Gasteiger partial charge >= 0.3 is 0 Å². The zero-order chi connectivity index (χ0) is 10.6. The molecular formula is C11H18N2O. The van der Waals surface area contributed by atoms with Gasteiger partial charge in [0.25, 0.3) is 0 Å². The Hall–Kier alpha value is -0.960. The van der Waals surface area contributed by atoms with Crippen molar-refractivity contribution in [2.24, 2.45) is 5.92 Å². The molecule has 1 rings (SSSR count). The molecule has 1 N–H and O–H groups in total. The van der Waals surface area contributed by atoms with E-state index in [1.165, 1.54) is 0 Å². The number of nitrogens with zero attached hydrogens (tertiary/aromatic N) is 2. The predicted molar refractivity (Wildman–Crippen MR) is 55.9 cm³/mol. The van der Waals surface area contributed by atoms with Gasteiger partial charge in [0.05, 0.1) is 23.7 Å². The van der Waals surface area contributed by atoms with Crippen molar-refractivity contribution in [3.05, 3.63) is 23.3 Å². The second-order valence-electron chi connectivity index (χ2n) is 4.00. The van der Waals surface area contributed by atoms with E-state index in [0.29, 0.717) is 5.92 Å². The summed E-state index contributed by atoms with van der Waals surface area (Å²) >= 11 is 0. The highest BCUT2D eigenvalue weighted by Crippen LogP contribution is 2.10. The minimum atomic E-state index is -0.0132. The van der Waals surface area contributed by atoms with Crippen LogP contribution in [0.1, 0.15) is 37.4 Å². The Balaban J connectivity index is 2.77. The molecule has 1 aromatic heterocycles. The van der Waals surface area contributed by atoms with Crippen molar-refractivity contribution in [3.8, 4) is 0 Å². The maximum Gasteiger partial charge on any atom is 0.0873 e. The van der Waals surface area contributed by atoms with Crippen LogP contribution in [0.3, 0.4) is 0 Å². The van der Waals surface area contributed by atoms with E-state index in [-0.39, 0.29) is 6.61 Å². The summed E-state index contributed by atoms with van der Waals surface area (Å²) < 4.78 is 0. The second-order valence-corrected chi connectivity index (χ2v) is 4.00. The fraction of sp³-hybridized carbons (Fsp3) is 0.636. The molecule has 0 radical (unpaired) electrons. The number of rotatable bonds is 4. The van der Waals surface area contributed by atoms with Gasteiger partial charge in [0.2, 0.25) is 0 Å². The van der Waals surface area contributed by atoms with Crippen LogP contribution in [0.5, 0.6) is 0 Å². The van der Waals surface area contributed by atoms with E-state index in [2.05, 4.69) is 23.8 Å². The van der Waals surface area contributed by atoms with Gasteiger partial charge < -0.3 is 5.11 Å². The zero-order valence-electron chi connectivity index (χ0n) is 9.12. The van der Waals surface area contributed by atoms with E-state index in [4.69, 9.17) is 5.11 Å². The Morgan fingerprint density at radius 3 is 2.64 bits per heavy atom. The SMILES string of the molecule is Cc1cnc(CO)c(CCC(C)C)n1. The average molecular weight is 194 g/mol. The summed E-state index contributed by atoms with van der Waals surface area (Å²) in [5, 5.41) is 9.07. The van der Waals surface area contributed by atoms with E-state index in [0.717, 1.165) is 29.9 Å². The highest BCUT2D eigenvalue weighted by molar-refractivity contribution is 5.13. The molecule has 3 heteroatoms. The van der Waals surface area contributed by atoms with E-state index < -0.39 is 0 Å². The van der Waals surface area contributed by atoms with Crippen LogP contribution in [0.2, 0.25) is 0 Å². The molecule has 0 saturated carbocycles. The van der Waals surface area contributed by atoms with Crippen LogP contribution in [0.4, 0.5) is 0 Å². The largest absolute Gasteiger partial charge is 0.390 e. The third kappa shape index (κ3) is 3.07. The van der Waals surface area contributed by atoms with Crippen molar-refractivity contribution >= 4 is 0 Å². The summed E-state index contributed by atoms with van der Waals surface area (Å²) in [7, 11) is 0. The monoisotopic (exact) mass is 194 g/mol. The van der Waals surface area contributed by atoms with Crippen molar-refractivity contribution in [1.82, 2.24) is 9.97 Å². The molecule has 1 heterocycles. The zero-order valence-corrected chi connectivity index (χ0v) is 9.12. The minimum Gasteiger partial charge on any atom is -0.390 e. The highest BCUT2D eigenvalue weighted by atomic mass is 16.3. The molecule has 0 saturated heterocycles. The molecule has 0 unspecified atom stereocenters. The van der Waals surface area contributed by atoms with Gasteiger partial charge in [0, 0.05) is 6.20 Å². The first-order valence-corrected chi connectivity index (χ1v) is 5.05. The minimum absolute atomic E-state index is 0.0132. The maximum atomic E-state index is 9.07. The van der Waals surface area contributed by atoms with Gasteiger partial charge in [-0.15, -0.1) is 0 Å². The summed E-state index contributed by atoms with van der Waals surface area (Å²) in [6, 6.07) is 0. The molecular weight excluding hydrogens is 176 g/mol. The lowest BCUT2D eigenvalue weighted by Crippen LogP contribution is -2.04. The third-order valence-corrected chi connectivity index (χ3v) is 2.16. The van der Waals surface area contributed by atoms with Crippen LogP contribution in [0.25, 0.3) is 0 Å². The Morgan fingerprint density at radius 2 is 2.07 bits per heavy atom. The fourth-order valence-electron chi connectivity index (χ4n) is 1.31. The molecule has 0 fully saturated rings. The first kappa shape index (κ1) is 11.1. The number of aromatic nitrogens is 2. The van der Waals surface area contributed by atoms with Crippen LogP contribution < -0.4 is 0 Å². The molecule has 0 bridgehead atoms. The predicted octanol–water partition coefficient (Wildman–Crippen LogP) is 1.87. The molecule has 78 valence electrons. The van der Waals surface area contributed by atoms with E-state index >= 15 is 0 Å². The van der Waals surface area contributed by atoms with Gasteiger partial charge in [-0.05, 0) is 25.7 Å². The number of hydrogen-bond acceptors (Lipinski definition) is 3. The summed E-state index contributed by atoms with van der Waals surface area (Å²) in [6.45, 7) is 6.28. The van der Waals surface area contributed by atoms with Crippen LogP contribution in [-0.4, -0.2) is 15.1 Å². The number of aliphatic hydroxyl groups excluding tert-OH is 1. The van der Waals surface area contributed by atoms with Gasteiger partial charge in [0.1, 0.15) is 0 Å². The van der Waals surface area contributed by atoms with E-state index in [1.54, 1.807) is 6.20 Å². The summed E-state index contributed by atoms with van der Waals surface area (Å²) in [5.41, 5.74) is 2.58. The molecule has 3 nitrogen and oxygen atoms in total. The summed E-state index contributed by atoms with van der Waals surface area (Å²) in [5.74, 6) is 0.656. The molecule has 0 spiro atoms. The first-order chi connectivity index (χ1) is 6.63. The average Bonchev–Trinajstić information content (AvgIpc) is 2.15. The third-order valence-electron chi connectivity index (χ3n) is 2.16. The number of aryl methyl sites for hydroxylation is 2. The topological polar surface area (TPSA) is 46.0 Å². The van der Waals surface area contributed by atoms with E-state index in [1.807, 2.05) is 6.92 Å². The van der Waals surface area contributed by atoms with Crippen molar-refractivity contribution in [1.29, 1.82) is 0 Å². The van der Waals surface area contributed by atoms with Crippen molar-refractivity contribution in [2.75, 3.05) is 0 Å². The van der Waals surface area contributed by atoms with Crippen LogP contribution in [0.15, 0.2) is 6.20 Å². The van der Waals surface area contributed by atoms with Crippen molar-refractivity contribution in [2.45, 2.75) is 40.2 Å². The molecule has 0 aliphatic heterocycles. The highest BCUT2D eigenvalue weighted by Gasteiger charge is 2.06.